The van der Waals surface area contributed by atoms with E-state index in [0.29, 0.717) is 28.8 Å². The van der Waals surface area contributed by atoms with Crippen molar-refractivity contribution in [1.29, 1.82) is 0 Å². The number of amides is 2. The zero-order chi connectivity index (χ0) is 29.0. The van der Waals surface area contributed by atoms with Gasteiger partial charge in [-0.25, -0.2) is 15.0 Å². The number of hydrogen-bond donors (Lipinski definition) is 1. The van der Waals surface area contributed by atoms with Gasteiger partial charge in [0.15, 0.2) is 16.7 Å². The van der Waals surface area contributed by atoms with Gasteiger partial charge in [-0.05, 0) is 45.4 Å². The van der Waals surface area contributed by atoms with E-state index >= 15 is 0 Å². The van der Waals surface area contributed by atoms with E-state index in [1.807, 2.05) is 62.5 Å². The second-order valence-electron chi connectivity index (χ2n) is 9.84. The first-order valence-corrected chi connectivity index (χ1v) is 15.1. The minimum atomic E-state index is -1.17. The largest absolute Gasteiger partial charge is 0.454 e. The lowest BCUT2D eigenvalue weighted by Gasteiger charge is -2.39. The fraction of sp³-hybridized carbons (Fsp3) is 0.300. The number of benzene rings is 2. The zero-order valence-electron chi connectivity index (χ0n) is 23.3. The zero-order valence-corrected chi connectivity index (χ0v) is 25.0. The lowest BCUT2D eigenvalue weighted by molar-refractivity contribution is -0.143. The summed E-state index contributed by atoms with van der Waals surface area (Å²) in [6, 6.07) is 17.0. The molecule has 5 rings (SSSR count). The highest BCUT2D eigenvalue weighted by molar-refractivity contribution is 7.99. The second-order valence-corrected chi connectivity index (χ2v) is 11.7. The SMILES string of the molecule is CCC(C)(C(=O)Nc1ccc2c(c1)OCO2)N(Cc1nc(-c2ccccc2)cs1)C(=O)CSc1nc(C)cc(C)n1. The topological polar surface area (TPSA) is 107 Å². The summed E-state index contributed by atoms with van der Waals surface area (Å²) in [6.45, 7) is 7.81. The molecule has 0 radical (unpaired) electrons. The van der Waals surface area contributed by atoms with Crippen LogP contribution >= 0.6 is 23.1 Å². The van der Waals surface area contributed by atoms with E-state index in [0.717, 1.165) is 27.7 Å². The summed E-state index contributed by atoms with van der Waals surface area (Å²) in [5.74, 6) is 0.753. The number of anilines is 1. The number of thiazole rings is 1. The van der Waals surface area contributed by atoms with Crippen LogP contribution in [0.1, 0.15) is 36.7 Å². The maximum atomic E-state index is 13.9. The summed E-state index contributed by atoms with van der Waals surface area (Å²) in [7, 11) is 0. The number of aromatic nitrogens is 3. The molecule has 2 aromatic heterocycles. The van der Waals surface area contributed by atoms with Gasteiger partial charge >= 0.3 is 0 Å². The number of rotatable bonds is 10. The van der Waals surface area contributed by atoms with Crippen molar-refractivity contribution in [3.8, 4) is 22.8 Å². The Morgan fingerprint density at radius 1 is 1.02 bits per heavy atom. The van der Waals surface area contributed by atoms with Crippen LogP contribution in [0.2, 0.25) is 0 Å². The molecule has 0 saturated carbocycles. The molecule has 1 aliphatic rings. The van der Waals surface area contributed by atoms with Gasteiger partial charge in [0.25, 0.3) is 0 Å². The molecule has 2 amide bonds. The normalized spacial score (nSPS) is 13.5. The molecule has 2 aromatic carbocycles. The molecule has 41 heavy (non-hydrogen) atoms. The van der Waals surface area contributed by atoms with Gasteiger partial charge in [-0.2, -0.15) is 0 Å². The van der Waals surface area contributed by atoms with Crippen LogP contribution in [-0.2, 0) is 16.1 Å². The maximum Gasteiger partial charge on any atom is 0.250 e. The summed E-state index contributed by atoms with van der Waals surface area (Å²) in [4.78, 5) is 43.1. The fourth-order valence-corrected chi connectivity index (χ4v) is 6.09. The highest BCUT2D eigenvalue weighted by Gasteiger charge is 2.41. The molecule has 4 aromatic rings. The van der Waals surface area contributed by atoms with Gasteiger partial charge in [0, 0.05) is 34.1 Å². The highest BCUT2D eigenvalue weighted by Crippen LogP contribution is 2.35. The first kappa shape index (κ1) is 28.6. The minimum absolute atomic E-state index is 0.0761. The molecule has 1 atom stereocenters. The number of nitrogens with zero attached hydrogens (tertiary/aromatic N) is 4. The predicted octanol–water partition coefficient (Wildman–Crippen LogP) is 5.87. The number of carbonyl (C=O) groups excluding carboxylic acids is 2. The van der Waals surface area contributed by atoms with Crippen molar-refractivity contribution < 1.29 is 19.1 Å². The number of thioether (sulfide) groups is 1. The highest BCUT2D eigenvalue weighted by atomic mass is 32.2. The predicted molar refractivity (Wildman–Crippen MR) is 160 cm³/mol. The molecule has 0 spiro atoms. The number of hydrogen-bond acceptors (Lipinski definition) is 9. The van der Waals surface area contributed by atoms with Crippen molar-refractivity contribution in [2.45, 2.75) is 51.4 Å². The maximum absolute atomic E-state index is 13.9. The van der Waals surface area contributed by atoms with Crippen molar-refractivity contribution in [2.75, 3.05) is 17.9 Å². The first-order valence-electron chi connectivity index (χ1n) is 13.2. The van der Waals surface area contributed by atoms with E-state index in [4.69, 9.17) is 14.5 Å². The van der Waals surface area contributed by atoms with Crippen molar-refractivity contribution in [2.24, 2.45) is 0 Å². The van der Waals surface area contributed by atoms with Crippen LogP contribution in [0.5, 0.6) is 11.5 Å². The van der Waals surface area contributed by atoms with Crippen molar-refractivity contribution in [1.82, 2.24) is 19.9 Å². The first-order chi connectivity index (χ1) is 19.7. The Morgan fingerprint density at radius 2 is 1.76 bits per heavy atom. The van der Waals surface area contributed by atoms with Crippen LogP contribution in [-0.4, -0.2) is 49.8 Å². The van der Waals surface area contributed by atoms with E-state index < -0.39 is 5.54 Å². The molecular weight excluding hydrogens is 558 g/mol. The molecule has 11 heteroatoms. The Balaban J connectivity index is 1.41. The molecule has 1 N–H and O–H groups in total. The molecule has 1 aliphatic heterocycles. The Hall–Kier alpha value is -3.96. The molecular formula is C30H31N5O4S2. The Labute approximate surface area is 247 Å². The third kappa shape index (κ3) is 6.52. The van der Waals surface area contributed by atoms with Crippen LogP contribution in [0, 0.1) is 13.8 Å². The monoisotopic (exact) mass is 589 g/mol. The number of ether oxygens (including phenoxy) is 2. The molecule has 0 aliphatic carbocycles. The lowest BCUT2D eigenvalue weighted by atomic mass is 9.94. The van der Waals surface area contributed by atoms with Gasteiger partial charge < -0.3 is 19.7 Å². The number of fused-ring (bicyclic) bond motifs is 1. The molecule has 212 valence electrons. The quantitative estimate of drug-likeness (QED) is 0.181. The molecule has 9 nitrogen and oxygen atoms in total. The third-order valence-corrected chi connectivity index (χ3v) is 8.57. The van der Waals surface area contributed by atoms with Crippen molar-refractivity contribution in [3.05, 3.63) is 76.4 Å². The lowest BCUT2D eigenvalue weighted by Crippen LogP contribution is -2.57. The Kier molecular flexibility index (Phi) is 8.55. The summed E-state index contributed by atoms with van der Waals surface area (Å²) < 4.78 is 10.9. The summed E-state index contributed by atoms with van der Waals surface area (Å²) >= 11 is 2.73. The summed E-state index contributed by atoms with van der Waals surface area (Å²) in [5.41, 5.74) is 2.89. The fourth-order valence-electron chi connectivity index (χ4n) is 4.47. The van der Waals surface area contributed by atoms with E-state index in [1.54, 1.807) is 30.0 Å². The van der Waals surface area contributed by atoms with Crippen LogP contribution < -0.4 is 14.8 Å². The van der Waals surface area contributed by atoms with E-state index in [-0.39, 0.29) is 30.9 Å². The molecule has 1 unspecified atom stereocenters. The Morgan fingerprint density at radius 3 is 2.49 bits per heavy atom. The molecule has 0 bridgehead atoms. The second kappa shape index (κ2) is 12.3. The van der Waals surface area contributed by atoms with Crippen LogP contribution in [0.3, 0.4) is 0 Å². The molecule has 3 heterocycles. The van der Waals surface area contributed by atoms with Crippen LogP contribution in [0.25, 0.3) is 11.3 Å². The van der Waals surface area contributed by atoms with Gasteiger partial charge in [0.05, 0.1) is 18.0 Å². The number of aryl methyl sites for hydroxylation is 2. The number of nitrogens with one attached hydrogen (secondary N) is 1. The van der Waals surface area contributed by atoms with Crippen LogP contribution in [0.4, 0.5) is 5.69 Å². The van der Waals surface area contributed by atoms with Gasteiger partial charge in [-0.3, -0.25) is 9.59 Å². The Bertz CT molecular complexity index is 1540. The van der Waals surface area contributed by atoms with Crippen molar-refractivity contribution in [3.63, 3.8) is 0 Å². The van der Waals surface area contributed by atoms with E-state index in [2.05, 4.69) is 15.3 Å². The van der Waals surface area contributed by atoms with Gasteiger partial charge in [0.1, 0.15) is 10.5 Å². The van der Waals surface area contributed by atoms with Crippen LogP contribution in [0.15, 0.2) is 65.1 Å². The average Bonchev–Trinajstić information content (AvgIpc) is 3.64. The molecule has 0 saturated heterocycles. The van der Waals surface area contributed by atoms with E-state index in [1.165, 1.54) is 23.1 Å². The van der Waals surface area contributed by atoms with Gasteiger partial charge in [0.2, 0.25) is 18.6 Å². The summed E-state index contributed by atoms with van der Waals surface area (Å²) in [5, 5.41) is 6.22. The third-order valence-electron chi connectivity index (χ3n) is 6.91. The average molecular weight is 590 g/mol. The van der Waals surface area contributed by atoms with E-state index in [9.17, 15) is 9.59 Å². The van der Waals surface area contributed by atoms with Crippen molar-refractivity contribution >= 4 is 40.6 Å². The summed E-state index contributed by atoms with van der Waals surface area (Å²) in [6.07, 6.45) is 0.386. The minimum Gasteiger partial charge on any atom is -0.454 e. The number of carbonyl (C=O) groups is 2. The standard InChI is InChI=1S/C30H31N5O4S2/c1-5-30(4,28(37)33-22-11-12-24-25(14-22)39-18-38-24)35(27(36)17-41-29-31-19(2)13-20(3)32-29)15-26-34-23(16-40-26)21-9-7-6-8-10-21/h6-14,16H,5,15,17-18H2,1-4H3,(H,33,37). The smallest absolute Gasteiger partial charge is 0.250 e. The van der Waals surface area contributed by atoms with Gasteiger partial charge in [-0.15, -0.1) is 11.3 Å². The van der Waals surface area contributed by atoms with Gasteiger partial charge in [-0.1, -0.05) is 49.0 Å². The molecule has 0 fully saturated rings.